The van der Waals surface area contributed by atoms with Gasteiger partial charge in [-0.15, -0.1) is 22.7 Å². The molecule has 0 radical (unpaired) electrons. The van der Waals surface area contributed by atoms with E-state index in [4.69, 9.17) is 0 Å². The Balaban J connectivity index is 1.29. The molecule has 0 fully saturated rings. The van der Waals surface area contributed by atoms with Crippen LogP contribution in [0.2, 0.25) is 0 Å². The van der Waals surface area contributed by atoms with Crippen molar-refractivity contribution in [1.29, 1.82) is 0 Å². The predicted octanol–water partition coefficient (Wildman–Crippen LogP) is 11.8. The highest BCUT2D eigenvalue weighted by Crippen LogP contribution is 2.54. The molecule has 0 atom stereocenters. The van der Waals surface area contributed by atoms with Crippen LogP contribution >= 0.6 is 22.7 Å². The van der Waals surface area contributed by atoms with Crippen LogP contribution in [0.5, 0.6) is 0 Å². The number of hydrogen-bond acceptors (Lipinski definition) is 2. The van der Waals surface area contributed by atoms with E-state index < -0.39 is 0 Å². The molecule has 10 rings (SSSR count). The van der Waals surface area contributed by atoms with Crippen LogP contribution in [0, 0.1) is 0 Å². The smallest absolute Gasteiger partial charge is 0.0541 e. The molecule has 3 aromatic heterocycles. The Labute approximate surface area is 250 Å². The molecule has 198 valence electrons. The van der Waals surface area contributed by atoms with Crippen LogP contribution in [-0.2, 0) is 5.41 Å². The molecular weight excluding hydrogens is 547 g/mol. The topological polar surface area (TPSA) is 4.93 Å². The van der Waals surface area contributed by atoms with E-state index in [9.17, 15) is 0 Å². The Bertz CT molecular complexity index is 2590. The number of aromatic nitrogens is 1. The monoisotopic (exact) mass is 571 g/mol. The SMILES string of the molecule is CC1(C)c2cccc3sc4ccc5sc6cc(-c7ccc8c(c7)c7ccccc7n8-c7ccccc7)cc1c6c5c4c23. The number of para-hydroxylation sites is 2. The van der Waals surface area contributed by atoms with E-state index in [1.165, 1.54) is 90.1 Å². The maximum Gasteiger partial charge on any atom is 0.0541 e. The molecule has 6 aromatic carbocycles. The van der Waals surface area contributed by atoms with Crippen molar-refractivity contribution in [2.75, 3.05) is 0 Å². The summed E-state index contributed by atoms with van der Waals surface area (Å²) in [6.07, 6.45) is 0. The van der Waals surface area contributed by atoms with E-state index in [0.717, 1.165) is 0 Å². The van der Waals surface area contributed by atoms with E-state index in [0.29, 0.717) is 0 Å². The molecule has 1 nitrogen and oxygen atoms in total. The fourth-order valence-corrected chi connectivity index (χ4v) is 9.95. The molecule has 0 N–H and O–H groups in total. The molecule has 9 aromatic rings. The Hall–Kier alpha value is -4.44. The Kier molecular flexibility index (Phi) is 4.35. The second kappa shape index (κ2) is 7.89. The standard InChI is InChI=1S/C39H25NS2/c1-39(2)27-12-8-14-31-35(27)37-32(41-31)17-18-33-38(37)36-28(39)20-23(21-34(36)42-33)22-15-16-30-26(19-22)25-11-6-7-13-29(25)40(30)24-9-4-3-5-10-24/h3-21H,1-2H3. The Morgan fingerprint density at radius 3 is 2.00 bits per heavy atom. The lowest BCUT2D eigenvalue weighted by molar-refractivity contribution is 0.655. The largest absolute Gasteiger partial charge is 0.309 e. The summed E-state index contributed by atoms with van der Waals surface area (Å²) in [4.78, 5) is 0. The fourth-order valence-electron chi connectivity index (χ4n) is 7.63. The zero-order valence-electron chi connectivity index (χ0n) is 23.2. The summed E-state index contributed by atoms with van der Waals surface area (Å²) in [5.74, 6) is 0. The minimum absolute atomic E-state index is 0.123. The number of fused-ring (bicyclic) bond motifs is 3. The first kappa shape index (κ1) is 23.2. The highest BCUT2D eigenvalue weighted by Gasteiger charge is 2.33. The highest BCUT2D eigenvalue weighted by atomic mass is 32.1. The van der Waals surface area contributed by atoms with Gasteiger partial charge in [0.1, 0.15) is 0 Å². The molecule has 0 amide bonds. The van der Waals surface area contributed by atoms with E-state index in [2.05, 4.69) is 134 Å². The molecule has 0 saturated heterocycles. The van der Waals surface area contributed by atoms with Gasteiger partial charge in [0.25, 0.3) is 0 Å². The van der Waals surface area contributed by atoms with Crippen LogP contribution in [0.3, 0.4) is 0 Å². The zero-order chi connectivity index (χ0) is 27.7. The first-order valence-electron chi connectivity index (χ1n) is 14.5. The summed E-state index contributed by atoms with van der Waals surface area (Å²) in [6, 6.07) is 43.1. The first-order valence-corrected chi connectivity index (χ1v) is 16.2. The minimum atomic E-state index is -0.123. The van der Waals surface area contributed by atoms with Crippen molar-refractivity contribution in [3.05, 3.63) is 126 Å². The first-order chi connectivity index (χ1) is 20.6. The third kappa shape index (κ3) is 2.83. The van der Waals surface area contributed by atoms with Crippen LogP contribution in [0.15, 0.2) is 115 Å². The lowest BCUT2D eigenvalue weighted by Gasteiger charge is -2.28. The van der Waals surface area contributed by atoms with Crippen molar-refractivity contribution >= 4 is 84.8 Å². The molecule has 0 unspecified atom stereocenters. The van der Waals surface area contributed by atoms with E-state index in [1.807, 2.05) is 22.7 Å². The minimum Gasteiger partial charge on any atom is -0.309 e. The molecule has 3 heterocycles. The van der Waals surface area contributed by atoms with Gasteiger partial charge in [0, 0.05) is 62.2 Å². The van der Waals surface area contributed by atoms with Crippen molar-refractivity contribution < 1.29 is 0 Å². The second-order valence-corrected chi connectivity index (χ2v) is 14.3. The van der Waals surface area contributed by atoms with E-state index >= 15 is 0 Å². The second-order valence-electron chi connectivity index (χ2n) is 12.1. The maximum atomic E-state index is 2.50. The van der Waals surface area contributed by atoms with Crippen molar-refractivity contribution in [3.8, 4) is 16.8 Å². The predicted molar refractivity (Wildman–Crippen MR) is 184 cm³/mol. The number of benzene rings is 6. The van der Waals surface area contributed by atoms with Gasteiger partial charge >= 0.3 is 0 Å². The van der Waals surface area contributed by atoms with Crippen molar-refractivity contribution in [3.63, 3.8) is 0 Å². The quantitative estimate of drug-likeness (QED) is 0.194. The Morgan fingerprint density at radius 2 is 1.17 bits per heavy atom. The highest BCUT2D eigenvalue weighted by molar-refractivity contribution is 7.28. The number of thiophene rings is 2. The van der Waals surface area contributed by atoms with Crippen LogP contribution in [0.4, 0.5) is 0 Å². The molecular formula is C39H25NS2. The summed E-state index contributed by atoms with van der Waals surface area (Å²) in [5, 5.41) is 8.41. The summed E-state index contributed by atoms with van der Waals surface area (Å²) in [7, 11) is 0. The fraction of sp³-hybridized carbons (Fsp3) is 0.0769. The van der Waals surface area contributed by atoms with Gasteiger partial charge in [-0.05, 0) is 82.9 Å². The van der Waals surface area contributed by atoms with Gasteiger partial charge in [-0.3, -0.25) is 0 Å². The molecule has 42 heavy (non-hydrogen) atoms. The number of rotatable bonds is 2. The van der Waals surface area contributed by atoms with Gasteiger partial charge in [-0.1, -0.05) is 68.4 Å². The maximum absolute atomic E-state index is 2.50. The van der Waals surface area contributed by atoms with Gasteiger partial charge in [0.2, 0.25) is 0 Å². The normalized spacial score (nSPS) is 14.1. The van der Waals surface area contributed by atoms with Crippen molar-refractivity contribution in [2.45, 2.75) is 19.3 Å². The van der Waals surface area contributed by atoms with Gasteiger partial charge in [0.05, 0.1) is 11.0 Å². The third-order valence-corrected chi connectivity index (χ3v) is 11.8. The lowest BCUT2D eigenvalue weighted by Crippen LogP contribution is -2.19. The van der Waals surface area contributed by atoms with Gasteiger partial charge < -0.3 is 4.57 Å². The molecule has 0 spiro atoms. The van der Waals surface area contributed by atoms with Gasteiger partial charge in [0.15, 0.2) is 0 Å². The summed E-state index contributed by atoms with van der Waals surface area (Å²) in [6.45, 7) is 4.85. The van der Waals surface area contributed by atoms with Crippen LogP contribution < -0.4 is 0 Å². The molecule has 1 aliphatic rings. The zero-order valence-corrected chi connectivity index (χ0v) is 24.9. The van der Waals surface area contributed by atoms with Crippen molar-refractivity contribution in [2.24, 2.45) is 0 Å². The molecule has 0 saturated carbocycles. The lowest BCUT2D eigenvalue weighted by atomic mass is 9.75. The molecule has 0 aliphatic heterocycles. The third-order valence-electron chi connectivity index (χ3n) is 9.56. The van der Waals surface area contributed by atoms with Crippen molar-refractivity contribution in [1.82, 2.24) is 4.57 Å². The van der Waals surface area contributed by atoms with Crippen LogP contribution in [0.1, 0.15) is 25.0 Å². The van der Waals surface area contributed by atoms with Crippen LogP contribution in [-0.4, -0.2) is 4.57 Å². The molecule has 0 bridgehead atoms. The van der Waals surface area contributed by atoms with Gasteiger partial charge in [-0.25, -0.2) is 0 Å². The van der Waals surface area contributed by atoms with Gasteiger partial charge in [-0.2, -0.15) is 0 Å². The average Bonchev–Trinajstić information content (AvgIpc) is 3.67. The summed E-state index contributed by atoms with van der Waals surface area (Å²) < 4.78 is 7.97. The number of nitrogens with zero attached hydrogens (tertiary/aromatic N) is 1. The average molecular weight is 572 g/mol. The van der Waals surface area contributed by atoms with E-state index in [-0.39, 0.29) is 5.41 Å². The van der Waals surface area contributed by atoms with E-state index in [1.54, 1.807) is 0 Å². The molecule has 1 aliphatic carbocycles. The van der Waals surface area contributed by atoms with Crippen LogP contribution in [0.25, 0.3) is 79.0 Å². The summed E-state index contributed by atoms with van der Waals surface area (Å²) >= 11 is 3.89. The number of hydrogen-bond donors (Lipinski definition) is 0. The molecule has 3 heteroatoms. The summed E-state index contributed by atoms with van der Waals surface area (Å²) in [5.41, 5.74) is 9.00. The Morgan fingerprint density at radius 1 is 0.476 bits per heavy atom.